The molecule has 1 saturated heterocycles. The lowest BCUT2D eigenvalue weighted by atomic mass is 10.2. The average molecular weight is 419 g/mol. The molecule has 1 N–H and O–H groups in total. The molecule has 1 unspecified atom stereocenters. The van der Waals surface area contributed by atoms with E-state index in [1.165, 1.54) is 12.3 Å². The van der Waals surface area contributed by atoms with E-state index in [2.05, 4.69) is 25.5 Å². The lowest BCUT2D eigenvalue weighted by Gasteiger charge is -2.12. The van der Waals surface area contributed by atoms with Crippen LogP contribution in [0, 0.1) is 0 Å². The van der Waals surface area contributed by atoms with E-state index < -0.39 is 11.9 Å². The van der Waals surface area contributed by atoms with Crippen LogP contribution in [0.4, 0.5) is 13.2 Å². The van der Waals surface area contributed by atoms with Gasteiger partial charge in [0.05, 0.1) is 27.8 Å². The molecule has 4 rings (SSSR count). The van der Waals surface area contributed by atoms with E-state index in [0.717, 1.165) is 25.6 Å². The van der Waals surface area contributed by atoms with Crippen LogP contribution < -0.4 is 5.32 Å². The van der Waals surface area contributed by atoms with Crippen LogP contribution in [0.15, 0.2) is 23.0 Å². The van der Waals surface area contributed by atoms with E-state index in [4.69, 9.17) is 27.7 Å². The van der Waals surface area contributed by atoms with E-state index in [1.54, 1.807) is 0 Å². The molecule has 3 aromatic rings. The molecule has 3 aromatic heterocycles. The Labute approximate surface area is 160 Å². The Morgan fingerprint density at radius 1 is 1.26 bits per heavy atom. The number of pyridine rings is 1. The van der Waals surface area contributed by atoms with Gasteiger partial charge in [-0.1, -0.05) is 28.4 Å². The van der Waals surface area contributed by atoms with Crippen molar-refractivity contribution in [1.29, 1.82) is 0 Å². The number of rotatable bonds is 3. The molecular formula is C15H11Cl2F3N6O. The fourth-order valence-corrected chi connectivity index (χ4v) is 3.35. The van der Waals surface area contributed by atoms with Gasteiger partial charge in [-0.3, -0.25) is 0 Å². The molecule has 7 nitrogen and oxygen atoms in total. The minimum Gasteiger partial charge on any atom is -0.334 e. The second-order valence-corrected chi connectivity index (χ2v) is 6.73. The van der Waals surface area contributed by atoms with Gasteiger partial charge in [0.15, 0.2) is 17.3 Å². The lowest BCUT2D eigenvalue weighted by Crippen LogP contribution is -2.16. The second-order valence-electron chi connectivity index (χ2n) is 5.88. The van der Waals surface area contributed by atoms with E-state index in [1.807, 2.05) is 0 Å². The Bertz CT molecular complexity index is 980. The fourth-order valence-electron chi connectivity index (χ4n) is 2.89. The summed E-state index contributed by atoms with van der Waals surface area (Å²) in [5, 5.41) is 10.9. The predicted octanol–water partition coefficient (Wildman–Crippen LogP) is 4.07. The van der Waals surface area contributed by atoms with Crippen LogP contribution >= 0.6 is 23.2 Å². The minimum absolute atomic E-state index is 0.0796. The standard InChI is InChI=1S/C15H11Cl2F3N6O/c16-7-4-9(17)13(22-5-7)26-11(15(18,19)20)8(6-23-26)14-24-12(25-27-14)10-2-1-3-21-10/h4-6,10,21H,1-3H2. The Balaban J connectivity index is 1.81. The maximum Gasteiger partial charge on any atom is 0.434 e. The molecule has 0 amide bonds. The van der Waals surface area contributed by atoms with Crippen molar-refractivity contribution in [3.05, 3.63) is 40.0 Å². The SMILES string of the molecule is FC(F)(F)c1c(-c2nc(C3CCCN3)no2)cnn1-c1ncc(Cl)cc1Cl. The highest BCUT2D eigenvalue weighted by atomic mass is 35.5. The van der Waals surface area contributed by atoms with Gasteiger partial charge < -0.3 is 9.84 Å². The summed E-state index contributed by atoms with van der Waals surface area (Å²) in [6, 6.07) is 1.14. The smallest absolute Gasteiger partial charge is 0.334 e. The highest BCUT2D eigenvalue weighted by Crippen LogP contribution is 2.39. The van der Waals surface area contributed by atoms with Gasteiger partial charge in [-0.15, -0.1) is 0 Å². The molecule has 12 heteroatoms. The van der Waals surface area contributed by atoms with E-state index >= 15 is 0 Å². The first-order valence-corrected chi connectivity index (χ1v) is 8.64. The van der Waals surface area contributed by atoms with Gasteiger partial charge in [0.2, 0.25) is 0 Å². The van der Waals surface area contributed by atoms with Crippen molar-refractivity contribution in [2.45, 2.75) is 25.1 Å². The maximum absolute atomic E-state index is 13.8. The van der Waals surface area contributed by atoms with Crippen LogP contribution in [0.5, 0.6) is 0 Å². The van der Waals surface area contributed by atoms with Crippen LogP contribution in [0.2, 0.25) is 10.0 Å². The van der Waals surface area contributed by atoms with Gasteiger partial charge in [0.25, 0.3) is 5.89 Å². The minimum atomic E-state index is -4.77. The molecule has 1 aliphatic rings. The number of alkyl halides is 3. The summed E-state index contributed by atoms with van der Waals surface area (Å²) >= 11 is 11.8. The van der Waals surface area contributed by atoms with Crippen molar-refractivity contribution < 1.29 is 17.7 Å². The monoisotopic (exact) mass is 418 g/mol. The van der Waals surface area contributed by atoms with Crippen LogP contribution in [-0.2, 0) is 6.18 Å². The second kappa shape index (κ2) is 6.77. The molecule has 27 heavy (non-hydrogen) atoms. The Morgan fingerprint density at radius 3 is 2.74 bits per heavy atom. The van der Waals surface area contributed by atoms with Crippen molar-refractivity contribution in [1.82, 2.24) is 30.2 Å². The molecule has 0 aromatic carbocycles. The highest BCUT2D eigenvalue weighted by molar-refractivity contribution is 6.35. The predicted molar refractivity (Wildman–Crippen MR) is 89.7 cm³/mol. The summed E-state index contributed by atoms with van der Waals surface area (Å²) < 4.78 is 47.0. The summed E-state index contributed by atoms with van der Waals surface area (Å²) in [7, 11) is 0. The number of hydrogen-bond acceptors (Lipinski definition) is 6. The van der Waals surface area contributed by atoms with Crippen LogP contribution in [0.25, 0.3) is 17.3 Å². The number of aromatic nitrogens is 5. The molecule has 1 fully saturated rings. The Kier molecular flexibility index (Phi) is 4.57. The molecule has 0 aliphatic carbocycles. The zero-order chi connectivity index (χ0) is 19.2. The molecule has 0 radical (unpaired) electrons. The first kappa shape index (κ1) is 18.2. The largest absolute Gasteiger partial charge is 0.434 e. The first-order chi connectivity index (χ1) is 12.8. The van der Waals surface area contributed by atoms with Crippen LogP contribution in [0.3, 0.4) is 0 Å². The molecule has 0 saturated carbocycles. The van der Waals surface area contributed by atoms with Crippen molar-refractivity contribution in [2.24, 2.45) is 0 Å². The zero-order valence-corrected chi connectivity index (χ0v) is 15.0. The molecule has 1 atom stereocenters. The highest BCUT2D eigenvalue weighted by Gasteiger charge is 2.41. The summed E-state index contributed by atoms with van der Waals surface area (Å²) in [5.74, 6) is -0.176. The summed E-state index contributed by atoms with van der Waals surface area (Å²) in [6.45, 7) is 0.793. The van der Waals surface area contributed by atoms with Crippen molar-refractivity contribution in [3.63, 3.8) is 0 Å². The third-order valence-corrected chi connectivity index (χ3v) is 4.56. The average Bonchev–Trinajstić information content (AvgIpc) is 3.33. The number of hydrogen-bond donors (Lipinski definition) is 1. The van der Waals surface area contributed by atoms with Crippen LogP contribution in [-0.4, -0.2) is 31.4 Å². The maximum atomic E-state index is 13.8. The Morgan fingerprint density at radius 2 is 2.07 bits per heavy atom. The van der Waals surface area contributed by atoms with Gasteiger partial charge >= 0.3 is 6.18 Å². The van der Waals surface area contributed by atoms with Gasteiger partial charge in [-0.2, -0.15) is 23.3 Å². The number of nitrogens with zero attached hydrogens (tertiary/aromatic N) is 5. The van der Waals surface area contributed by atoms with Gasteiger partial charge in [0.1, 0.15) is 0 Å². The van der Waals surface area contributed by atoms with Crippen molar-refractivity contribution in [3.8, 4) is 17.3 Å². The molecule has 1 aliphatic heterocycles. The molecular weight excluding hydrogens is 408 g/mol. The van der Waals surface area contributed by atoms with Crippen molar-refractivity contribution in [2.75, 3.05) is 6.54 Å². The lowest BCUT2D eigenvalue weighted by molar-refractivity contribution is -0.142. The Hall–Kier alpha value is -2.17. The summed E-state index contributed by atoms with van der Waals surface area (Å²) in [4.78, 5) is 7.97. The summed E-state index contributed by atoms with van der Waals surface area (Å²) in [6.07, 6.45) is -0.873. The van der Waals surface area contributed by atoms with Gasteiger partial charge in [0, 0.05) is 6.20 Å². The molecule has 142 valence electrons. The normalized spacial score (nSPS) is 17.6. The topological polar surface area (TPSA) is 81.7 Å². The molecule has 4 heterocycles. The third-order valence-electron chi connectivity index (χ3n) is 4.07. The van der Waals surface area contributed by atoms with Gasteiger partial charge in [-0.05, 0) is 25.5 Å². The van der Waals surface area contributed by atoms with Crippen molar-refractivity contribution >= 4 is 23.2 Å². The number of halogens is 5. The van der Waals surface area contributed by atoms with E-state index in [0.29, 0.717) is 10.5 Å². The molecule has 0 spiro atoms. The van der Waals surface area contributed by atoms with E-state index in [9.17, 15) is 13.2 Å². The third kappa shape index (κ3) is 3.40. The summed E-state index contributed by atoms with van der Waals surface area (Å²) in [5.41, 5.74) is -1.47. The van der Waals surface area contributed by atoms with E-state index in [-0.39, 0.29) is 33.4 Å². The fraction of sp³-hybridized carbons (Fsp3) is 0.333. The first-order valence-electron chi connectivity index (χ1n) is 7.88. The zero-order valence-electron chi connectivity index (χ0n) is 13.5. The quantitative estimate of drug-likeness (QED) is 0.690. The van der Waals surface area contributed by atoms with Crippen LogP contribution in [0.1, 0.15) is 30.4 Å². The number of nitrogens with one attached hydrogen (secondary N) is 1. The molecule has 0 bridgehead atoms. The van der Waals surface area contributed by atoms with Gasteiger partial charge in [-0.25, -0.2) is 9.67 Å².